The van der Waals surface area contributed by atoms with Crippen LogP contribution in [0, 0.1) is 0 Å². The topological polar surface area (TPSA) is 72.5 Å². The van der Waals surface area contributed by atoms with E-state index in [-0.39, 0.29) is 6.61 Å². The Balaban J connectivity index is 2.74. The predicted octanol–water partition coefficient (Wildman–Crippen LogP) is 2.55. The van der Waals surface area contributed by atoms with Gasteiger partial charge in [-0.2, -0.15) is 0 Å². The van der Waals surface area contributed by atoms with Gasteiger partial charge >= 0.3 is 5.97 Å². The van der Waals surface area contributed by atoms with E-state index in [1.54, 1.807) is 6.07 Å². The van der Waals surface area contributed by atoms with Crippen LogP contribution >= 0.6 is 39.1 Å². The Kier molecular flexibility index (Phi) is 4.86. The van der Waals surface area contributed by atoms with E-state index in [9.17, 15) is 4.79 Å². The fraction of sp³-hybridized carbons (Fsp3) is 0.222. The van der Waals surface area contributed by atoms with Crippen molar-refractivity contribution in [2.45, 2.75) is 6.04 Å². The molecule has 1 aromatic rings. The molecule has 1 rings (SSSR count). The summed E-state index contributed by atoms with van der Waals surface area (Å²) in [7, 11) is 0. The Hall–Kier alpha value is -0.490. The molecule has 88 valence electrons. The van der Waals surface area contributed by atoms with E-state index < -0.39 is 12.0 Å². The van der Waals surface area contributed by atoms with E-state index >= 15 is 0 Å². The molecule has 0 amide bonds. The minimum absolute atomic E-state index is 0.174. The number of halogens is 3. The summed E-state index contributed by atoms with van der Waals surface area (Å²) in [4.78, 5) is 10.5. The lowest BCUT2D eigenvalue weighted by Crippen LogP contribution is -2.36. The van der Waals surface area contributed by atoms with E-state index in [0.717, 1.165) is 0 Å². The standard InChI is InChI=1S/C9H8BrCl2NO3/c10-4-1-6(12)8(2-5(4)11)16-3-7(13)9(14)15/h1-2,7H,3,13H2,(H,14,15). The highest BCUT2D eigenvalue weighted by atomic mass is 79.9. The molecule has 0 saturated carbocycles. The van der Waals surface area contributed by atoms with Crippen LogP contribution in [0.1, 0.15) is 0 Å². The molecule has 3 N–H and O–H groups in total. The molecule has 4 nitrogen and oxygen atoms in total. The van der Waals surface area contributed by atoms with Crippen LogP contribution in [0.5, 0.6) is 5.75 Å². The van der Waals surface area contributed by atoms with Crippen LogP contribution in [0.4, 0.5) is 0 Å². The zero-order valence-electron chi connectivity index (χ0n) is 7.91. The first-order valence-electron chi connectivity index (χ1n) is 4.17. The van der Waals surface area contributed by atoms with Crippen LogP contribution in [0.25, 0.3) is 0 Å². The van der Waals surface area contributed by atoms with Gasteiger partial charge in [0.2, 0.25) is 0 Å². The largest absolute Gasteiger partial charge is 0.490 e. The van der Waals surface area contributed by atoms with Crippen LogP contribution in [0.3, 0.4) is 0 Å². The molecule has 0 bridgehead atoms. The van der Waals surface area contributed by atoms with Gasteiger partial charge in [-0.1, -0.05) is 23.2 Å². The highest BCUT2D eigenvalue weighted by molar-refractivity contribution is 9.10. The maximum absolute atomic E-state index is 10.5. The molecular weight excluding hydrogens is 321 g/mol. The zero-order chi connectivity index (χ0) is 12.3. The second-order valence-corrected chi connectivity index (χ2v) is 4.62. The van der Waals surface area contributed by atoms with E-state index in [4.69, 9.17) is 38.8 Å². The van der Waals surface area contributed by atoms with Gasteiger partial charge in [0.05, 0.1) is 10.0 Å². The first kappa shape index (κ1) is 13.6. The number of aliphatic carboxylic acids is 1. The summed E-state index contributed by atoms with van der Waals surface area (Å²) in [6, 6.07) is 1.95. The van der Waals surface area contributed by atoms with Crippen molar-refractivity contribution in [3.8, 4) is 5.75 Å². The SMILES string of the molecule is NC(COc1cc(Cl)c(Br)cc1Cl)C(=O)O. The molecule has 1 aromatic carbocycles. The summed E-state index contributed by atoms with van der Waals surface area (Å²) in [5.41, 5.74) is 5.27. The van der Waals surface area contributed by atoms with Gasteiger partial charge in [0.25, 0.3) is 0 Å². The number of carboxylic acids is 1. The monoisotopic (exact) mass is 327 g/mol. The maximum atomic E-state index is 10.5. The number of carboxylic acid groups (broad SMARTS) is 1. The van der Waals surface area contributed by atoms with Gasteiger partial charge < -0.3 is 15.6 Å². The predicted molar refractivity (Wildman–Crippen MR) is 65.3 cm³/mol. The lowest BCUT2D eigenvalue weighted by Gasteiger charge is -2.11. The third kappa shape index (κ3) is 3.52. The number of rotatable bonds is 4. The molecule has 0 saturated heterocycles. The fourth-order valence-electron chi connectivity index (χ4n) is 0.866. The maximum Gasteiger partial charge on any atom is 0.324 e. The van der Waals surface area contributed by atoms with Crippen molar-refractivity contribution in [2.24, 2.45) is 5.73 Å². The highest BCUT2D eigenvalue weighted by Crippen LogP contribution is 2.33. The Bertz CT molecular complexity index is 414. The third-order valence-electron chi connectivity index (χ3n) is 1.71. The van der Waals surface area contributed by atoms with Crippen molar-refractivity contribution in [3.63, 3.8) is 0 Å². The Labute approximate surface area is 110 Å². The molecule has 1 atom stereocenters. The van der Waals surface area contributed by atoms with Gasteiger partial charge in [-0.15, -0.1) is 0 Å². The zero-order valence-corrected chi connectivity index (χ0v) is 11.0. The van der Waals surface area contributed by atoms with Gasteiger partial charge in [-0.05, 0) is 22.0 Å². The van der Waals surface area contributed by atoms with Gasteiger partial charge in [-0.3, -0.25) is 4.79 Å². The summed E-state index contributed by atoms with van der Waals surface area (Å²) in [5, 5.41) is 9.30. The molecule has 0 radical (unpaired) electrons. The highest BCUT2D eigenvalue weighted by Gasteiger charge is 2.14. The normalized spacial score (nSPS) is 12.2. The number of carbonyl (C=O) groups is 1. The number of nitrogens with two attached hydrogens (primary N) is 1. The van der Waals surface area contributed by atoms with Gasteiger partial charge in [0.1, 0.15) is 18.4 Å². The number of hydrogen-bond acceptors (Lipinski definition) is 3. The smallest absolute Gasteiger partial charge is 0.324 e. The molecule has 0 aliphatic rings. The third-order valence-corrected chi connectivity index (χ3v) is 3.20. The molecule has 1 unspecified atom stereocenters. The van der Waals surface area contributed by atoms with Crippen molar-refractivity contribution < 1.29 is 14.6 Å². The van der Waals surface area contributed by atoms with Crippen LogP contribution in [0.15, 0.2) is 16.6 Å². The Morgan fingerprint density at radius 2 is 2.12 bits per heavy atom. The van der Waals surface area contributed by atoms with Crippen molar-refractivity contribution in [1.29, 1.82) is 0 Å². The summed E-state index contributed by atoms with van der Waals surface area (Å²) >= 11 is 14.9. The molecule has 0 aliphatic heterocycles. The van der Waals surface area contributed by atoms with Gasteiger partial charge in [0, 0.05) is 10.5 Å². The average Bonchev–Trinajstić information content (AvgIpc) is 2.20. The lowest BCUT2D eigenvalue weighted by atomic mass is 10.3. The van der Waals surface area contributed by atoms with E-state index in [1.165, 1.54) is 6.07 Å². The van der Waals surface area contributed by atoms with Crippen molar-refractivity contribution in [2.75, 3.05) is 6.61 Å². The summed E-state index contributed by atoms with van der Waals surface area (Å²) < 4.78 is 5.79. The molecule has 0 heterocycles. The summed E-state index contributed by atoms with van der Waals surface area (Å²) in [6.07, 6.45) is 0. The van der Waals surface area contributed by atoms with Gasteiger partial charge in [0.15, 0.2) is 0 Å². The van der Waals surface area contributed by atoms with E-state index in [0.29, 0.717) is 20.3 Å². The Morgan fingerprint density at radius 1 is 1.50 bits per heavy atom. The molecule has 7 heteroatoms. The molecule has 16 heavy (non-hydrogen) atoms. The molecule has 0 fully saturated rings. The first-order chi connectivity index (χ1) is 7.41. The van der Waals surface area contributed by atoms with Gasteiger partial charge in [-0.25, -0.2) is 0 Å². The van der Waals surface area contributed by atoms with E-state index in [1.807, 2.05) is 0 Å². The molecule has 0 aliphatic carbocycles. The molecule has 0 spiro atoms. The van der Waals surface area contributed by atoms with Crippen LogP contribution < -0.4 is 10.5 Å². The van der Waals surface area contributed by atoms with Crippen molar-refractivity contribution in [1.82, 2.24) is 0 Å². The average molecular weight is 329 g/mol. The summed E-state index contributed by atoms with van der Waals surface area (Å²) in [6.45, 7) is -0.174. The van der Waals surface area contributed by atoms with Crippen LogP contribution in [-0.2, 0) is 4.79 Å². The lowest BCUT2D eigenvalue weighted by molar-refractivity contribution is -0.139. The van der Waals surface area contributed by atoms with E-state index in [2.05, 4.69) is 15.9 Å². The second-order valence-electron chi connectivity index (χ2n) is 2.95. The summed E-state index contributed by atoms with van der Waals surface area (Å²) in [5.74, 6) is -0.842. The Morgan fingerprint density at radius 3 is 2.69 bits per heavy atom. The second kappa shape index (κ2) is 5.72. The van der Waals surface area contributed by atoms with Crippen molar-refractivity contribution in [3.05, 3.63) is 26.7 Å². The minimum atomic E-state index is -1.14. The fourth-order valence-corrected chi connectivity index (χ4v) is 1.71. The van der Waals surface area contributed by atoms with Crippen LogP contribution in [-0.4, -0.2) is 23.7 Å². The molecule has 0 aromatic heterocycles. The molecular formula is C9H8BrCl2NO3. The van der Waals surface area contributed by atoms with Crippen LogP contribution in [0.2, 0.25) is 10.0 Å². The first-order valence-corrected chi connectivity index (χ1v) is 5.72. The minimum Gasteiger partial charge on any atom is -0.490 e. The number of ether oxygens (including phenoxy) is 1. The number of hydrogen-bond donors (Lipinski definition) is 2. The number of benzene rings is 1. The quantitative estimate of drug-likeness (QED) is 0.833. The van der Waals surface area contributed by atoms with Crippen molar-refractivity contribution >= 4 is 45.1 Å².